The molecule has 0 saturated heterocycles. The number of hydrogen-bond acceptors (Lipinski definition) is 4. The molecule has 2 aromatic carbocycles. The second-order valence-electron chi connectivity index (χ2n) is 4.86. The minimum Gasteiger partial charge on any atom is -0.320 e. The van der Waals surface area contributed by atoms with Gasteiger partial charge in [0.2, 0.25) is 0 Å². The lowest BCUT2D eigenvalue weighted by Crippen LogP contribution is -2.45. The normalized spacial score (nSPS) is 10.2. The highest BCUT2D eigenvalue weighted by atomic mass is 19.3. The zero-order chi connectivity index (χ0) is 18.4. The molecule has 2 rings (SSSR count). The third kappa shape index (κ3) is 4.15. The molecule has 2 amide bonds. The summed E-state index contributed by atoms with van der Waals surface area (Å²) in [7, 11) is 0. The lowest BCUT2D eigenvalue weighted by atomic mass is 10.2. The Morgan fingerprint density at radius 2 is 1.08 bits per heavy atom. The van der Waals surface area contributed by atoms with E-state index in [9.17, 15) is 18.4 Å². The van der Waals surface area contributed by atoms with Crippen LogP contribution in [0.5, 0.6) is 0 Å². The van der Waals surface area contributed by atoms with Crippen LogP contribution in [0.25, 0.3) is 0 Å². The molecule has 0 atom stereocenters. The molecule has 124 valence electrons. The number of benzene rings is 2. The second-order valence-corrected chi connectivity index (χ2v) is 4.86. The van der Waals surface area contributed by atoms with Gasteiger partial charge in [0.05, 0.1) is 23.3 Å². The Bertz CT molecular complexity index is 805. The van der Waals surface area contributed by atoms with Crippen LogP contribution in [0.2, 0.25) is 0 Å². The number of nitrogens with one attached hydrogen (secondary N) is 2. The first-order valence-corrected chi connectivity index (χ1v) is 6.88. The van der Waals surface area contributed by atoms with Gasteiger partial charge >= 0.3 is 17.7 Å². The predicted molar refractivity (Wildman–Crippen MR) is 84.5 cm³/mol. The molecule has 0 bridgehead atoms. The number of nitrogens with zero attached hydrogens (tertiary/aromatic N) is 2. The van der Waals surface area contributed by atoms with Crippen molar-refractivity contribution in [3.8, 4) is 12.1 Å². The number of carbonyl (C=O) groups is 2. The lowest BCUT2D eigenvalue weighted by Gasteiger charge is -2.16. The van der Waals surface area contributed by atoms with Gasteiger partial charge in [0.25, 0.3) is 0 Å². The third-order valence-electron chi connectivity index (χ3n) is 3.11. The molecule has 0 aromatic heterocycles. The average Bonchev–Trinajstić information content (AvgIpc) is 2.62. The Balaban J connectivity index is 2.06. The van der Waals surface area contributed by atoms with E-state index in [1.54, 1.807) is 0 Å². The maximum Gasteiger partial charge on any atom is 0.401 e. The molecule has 0 fully saturated rings. The van der Waals surface area contributed by atoms with Gasteiger partial charge in [-0.1, -0.05) is 0 Å². The molecule has 6 nitrogen and oxygen atoms in total. The van der Waals surface area contributed by atoms with Crippen molar-refractivity contribution in [2.45, 2.75) is 5.92 Å². The Kier molecular flexibility index (Phi) is 5.06. The first kappa shape index (κ1) is 17.6. The molecule has 2 N–H and O–H groups in total. The summed E-state index contributed by atoms with van der Waals surface area (Å²) in [6.07, 6.45) is 0. The zero-order valence-electron chi connectivity index (χ0n) is 12.6. The Morgan fingerprint density at radius 1 is 0.760 bits per heavy atom. The first-order chi connectivity index (χ1) is 11.9. The predicted octanol–water partition coefficient (Wildman–Crippen LogP) is 2.64. The van der Waals surface area contributed by atoms with Gasteiger partial charge in [0, 0.05) is 11.4 Å². The van der Waals surface area contributed by atoms with Crippen LogP contribution in [0, 0.1) is 22.7 Å². The van der Waals surface area contributed by atoms with Gasteiger partial charge in [-0.2, -0.15) is 19.3 Å². The van der Waals surface area contributed by atoms with Gasteiger partial charge in [0.15, 0.2) is 0 Å². The summed E-state index contributed by atoms with van der Waals surface area (Å²) < 4.78 is 27.9. The molecular weight excluding hydrogens is 330 g/mol. The standard InChI is InChI=1S/C17H10F2N4O2/c18-17(19,15(24)22-13-5-1-11(9-20)2-6-13)16(25)23-14-7-3-12(10-21)4-8-14/h1-8H,(H,22,24)(H,23,25). The lowest BCUT2D eigenvalue weighted by molar-refractivity contribution is -0.152. The van der Waals surface area contributed by atoms with E-state index in [0.717, 1.165) is 0 Å². The average molecular weight is 340 g/mol. The minimum absolute atomic E-state index is 0.0230. The smallest absolute Gasteiger partial charge is 0.320 e. The van der Waals surface area contributed by atoms with Crippen LogP contribution < -0.4 is 10.6 Å². The van der Waals surface area contributed by atoms with Crippen LogP contribution in [0.4, 0.5) is 20.2 Å². The van der Waals surface area contributed by atoms with E-state index in [0.29, 0.717) is 11.1 Å². The largest absolute Gasteiger partial charge is 0.401 e. The van der Waals surface area contributed by atoms with Crippen molar-refractivity contribution in [2.24, 2.45) is 0 Å². The topological polar surface area (TPSA) is 106 Å². The van der Waals surface area contributed by atoms with Crippen LogP contribution >= 0.6 is 0 Å². The van der Waals surface area contributed by atoms with Crippen LogP contribution in [0.3, 0.4) is 0 Å². The summed E-state index contributed by atoms with van der Waals surface area (Å²) in [5.41, 5.74) is 0.635. The number of carbonyl (C=O) groups excluding carboxylic acids is 2. The molecule has 0 aliphatic heterocycles. The second kappa shape index (κ2) is 7.20. The van der Waals surface area contributed by atoms with E-state index in [1.807, 2.05) is 22.8 Å². The summed E-state index contributed by atoms with van der Waals surface area (Å²) in [4.78, 5) is 23.4. The molecule has 0 saturated carbocycles. The fraction of sp³-hybridized carbons (Fsp3) is 0.0588. The SMILES string of the molecule is N#Cc1ccc(NC(=O)C(F)(F)C(=O)Nc2ccc(C#N)cc2)cc1. The summed E-state index contributed by atoms with van der Waals surface area (Å²) in [5.74, 6) is -7.92. The molecule has 2 aromatic rings. The number of rotatable bonds is 4. The molecule has 0 spiro atoms. The molecule has 0 radical (unpaired) electrons. The fourth-order valence-electron chi connectivity index (χ4n) is 1.78. The number of halogens is 2. The number of alkyl halides is 2. The van der Waals surface area contributed by atoms with Crippen molar-refractivity contribution in [2.75, 3.05) is 10.6 Å². The van der Waals surface area contributed by atoms with Gasteiger partial charge in [-0.25, -0.2) is 0 Å². The van der Waals surface area contributed by atoms with Crippen LogP contribution in [0.15, 0.2) is 48.5 Å². The van der Waals surface area contributed by atoms with Crippen LogP contribution in [-0.2, 0) is 9.59 Å². The van der Waals surface area contributed by atoms with Gasteiger partial charge in [-0.15, -0.1) is 0 Å². The zero-order valence-corrected chi connectivity index (χ0v) is 12.6. The van der Waals surface area contributed by atoms with Gasteiger partial charge in [0.1, 0.15) is 0 Å². The number of anilines is 2. The summed E-state index contributed by atoms with van der Waals surface area (Å²) >= 11 is 0. The van der Waals surface area contributed by atoms with E-state index < -0.39 is 17.7 Å². The highest BCUT2D eigenvalue weighted by molar-refractivity contribution is 6.16. The highest BCUT2D eigenvalue weighted by Gasteiger charge is 2.47. The fourth-order valence-corrected chi connectivity index (χ4v) is 1.78. The number of amides is 2. The summed E-state index contributed by atoms with van der Waals surface area (Å²) in [5, 5.41) is 21.1. The van der Waals surface area contributed by atoms with Crippen molar-refractivity contribution in [3.63, 3.8) is 0 Å². The van der Waals surface area contributed by atoms with Gasteiger partial charge in [-0.3, -0.25) is 9.59 Å². The van der Waals surface area contributed by atoms with Crippen LogP contribution in [-0.4, -0.2) is 17.7 Å². The van der Waals surface area contributed by atoms with Crippen molar-refractivity contribution in [1.29, 1.82) is 10.5 Å². The van der Waals surface area contributed by atoms with Gasteiger partial charge in [-0.05, 0) is 48.5 Å². The molecule has 0 heterocycles. The monoisotopic (exact) mass is 340 g/mol. The minimum atomic E-state index is -4.32. The van der Waals surface area contributed by atoms with E-state index >= 15 is 0 Å². The molecule has 0 aliphatic carbocycles. The van der Waals surface area contributed by atoms with Gasteiger partial charge < -0.3 is 10.6 Å². The van der Waals surface area contributed by atoms with E-state index in [2.05, 4.69) is 0 Å². The Hall–Kier alpha value is -3.78. The number of hydrogen-bond donors (Lipinski definition) is 2. The molecule has 8 heteroatoms. The molecule has 25 heavy (non-hydrogen) atoms. The maximum absolute atomic E-state index is 13.9. The van der Waals surface area contributed by atoms with Crippen molar-refractivity contribution in [1.82, 2.24) is 0 Å². The van der Waals surface area contributed by atoms with Crippen molar-refractivity contribution in [3.05, 3.63) is 59.7 Å². The number of nitriles is 2. The van der Waals surface area contributed by atoms with Crippen LogP contribution in [0.1, 0.15) is 11.1 Å². The van der Waals surface area contributed by atoms with E-state index in [-0.39, 0.29) is 11.4 Å². The highest BCUT2D eigenvalue weighted by Crippen LogP contribution is 2.20. The Labute approximate surface area is 141 Å². The molecule has 0 unspecified atom stereocenters. The molecule has 0 aliphatic rings. The quantitative estimate of drug-likeness (QED) is 0.835. The van der Waals surface area contributed by atoms with E-state index in [1.165, 1.54) is 48.5 Å². The van der Waals surface area contributed by atoms with Crippen molar-refractivity contribution >= 4 is 23.2 Å². The molecular formula is C17H10F2N4O2. The Morgan fingerprint density at radius 3 is 1.36 bits per heavy atom. The summed E-state index contributed by atoms with van der Waals surface area (Å²) in [6.45, 7) is 0. The maximum atomic E-state index is 13.9. The van der Waals surface area contributed by atoms with Crippen molar-refractivity contribution < 1.29 is 18.4 Å². The third-order valence-corrected chi connectivity index (χ3v) is 3.11. The summed E-state index contributed by atoms with van der Waals surface area (Å²) in [6, 6.07) is 14.1. The first-order valence-electron chi connectivity index (χ1n) is 6.88. The van der Waals surface area contributed by atoms with E-state index in [4.69, 9.17) is 10.5 Å².